The van der Waals surface area contributed by atoms with Gasteiger partial charge in [-0.1, -0.05) is 30.3 Å². The molecule has 0 aromatic heterocycles. The van der Waals surface area contributed by atoms with Crippen LogP contribution in [0.1, 0.15) is 24.3 Å². The predicted octanol–water partition coefficient (Wildman–Crippen LogP) is 2.78. The Hall–Kier alpha value is -2.83. The number of carbonyl (C=O) groups excluding carboxylic acids is 1. The van der Waals surface area contributed by atoms with Crippen molar-refractivity contribution in [2.75, 3.05) is 19.3 Å². The molecule has 2 aromatic rings. The third-order valence-corrected chi connectivity index (χ3v) is 6.73. The monoisotopic (exact) mass is 445 g/mol. The first-order valence-electron chi connectivity index (χ1n) is 9.87. The molecule has 1 heterocycles. The summed E-state index contributed by atoms with van der Waals surface area (Å²) >= 11 is 0. The molecule has 0 spiro atoms. The summed E-state index contributed by atoms with van der Waals surface area (Å²) in [7, 11) is -3.40. The zero-order valence-electron chi connectivity index (χ0n) is 16.8. The van der Waals surface area contributed by atoms with Gasteiger partial charge in [0.05, 0.1) is 17.9 Å². The van der Waals surface area contributed by atoms with Gasteiger partial charge in [0.2, 0.25) is 15.9 Å². The van der Waals surface area contributed by atoms with E-state index in [1.54, 1.807) is 24.3 Å². The van der Waals surface area contributed by atoms with E-state index in [-0.39, 0.29) is 24.4 Å². The minimum absolute atomic E-state index is 0.178. The number of amides is 1. The molecule has 3 atom stereocenters. The highest BCUT2D eigenvalue weighted by Gasteiger charge is 2.63. The first-order valence-corrected chi connectivity index (χ1v) is 11.8. The second-order valence-electron chi connectivity index (χ2n) is 8.15. The Kier molecular flexibility index (Phi) is 5.31. The van der Waals surface area contributed by atoms with Crippen molar-refractivity contribution in [1.82, 2.24) is 9.62 Å². The Morgan fingerprint density at radius 2 is 1.87 bits per heavy atom. The summed E-state index contributed by atoms with van der Waals surface area (Å²) in [5, 5.41) is 9.88. The molecule has 9 heteroatoms. The lowest BCUT2D eigenvalue weighted by atomic mass is 9.91. The van der Waals surface area contributed by atoms with Gasteiger partial charge >= 0.3 is 0 Å². The first-order chi connectivity index (χ1) is 14.7. The fourth-order valence-electron chi connectivity index (χ4n) is 4.46. The van der Waals surface area contributed by atoms with Crippen molar-refractivity contribution < 1.29 is 22.0 Å². The van der Waals surface area contributed by atoms with Gasteiger partial charge in [-0.2, -0.15) is 5.26 Å². The van der Waals surface area contributed by atoms with E-state index in [0.717, 1.165) is 6.26 Å². The summed E-state index contributed by atoms with van der Waals surface area (Å²) in [6, 6.07) is 12.0. The molecule has 0 bridgehead atoms. The zero-order valence-corrected chi connectivity index (χ0v) is 17.6. The van der Waals surface area contributed by atoms with Crippen LogP contribution >= 0.6 is 0 Å². The molecule has 162 valence electrons. The fourth-order valence-corrected chi connectivity index (χ4v) is 5.25. The number of halogens is 2. The molecule has 2 aromatic carbocycles. The van der Waals surface area contributed by atoms with Crippen LogP contribution in [0.2, 0.25) is 0 Å². The second-order valence-corrected chi connectivity index (χ2v) is 9.93. The molecule has 31 heavy (non-hydrogen) atoms. The molecule has 1 amide bonds. The third kappa shape index (κ3) is 3.93. The number of nitrogens with one attached hydrogen (secondary N) is 1. The number of nitrogens with zero attached hydrogens (tertiary/aromatic N) is 2. The highest BCUT2D eigenvalue weighted by molar-refractivity contribution is 7.88. The quantitative estimate of drug-likeness (QED) is 0.766. The highest BCUT2D eigenvalue weighted by atomic mass is 32.2. The van der Waals surface area contributed by atoms with Crippen LogP contribution in [0.3, 0.4) is 0 Å². The standard InChI is InChI=1S/C22H21F2N3O3S/c1-31(29,30)26-14-9-10-27(12-14)21(28)22(13-25)11-17(22)15-5-2-3-6-16(15)20-18(23)7-4-8-19(20)24/h2-8,14,17,26H,9-12H2,1H3/t14-,17-,22-/m0/s1. The lowest BCUT2D eigenvalue weighted by Crippen LogP contribution is -2.40. The van der Waals surface area contributed by atoms with Crippen LogP contribution in [-0.2, 0) is 14.8 Å². The van der Waals surface area contributed by atoms with Gasteiger partial charge in [-0.25, -0.2) is 21.9 Å². The van der Waals surface area contributed by atoms with E-state index in [1.807, 2.05) is 0 Å². The van der Waals surface area contributed by atoms with E-state index < -0.39 is 39.0 Å². The Balaban J connectivity index is 1.62. The maximum Gasteiger partial charge on any atom is 0.243 e. The lowest BCUT2D eigenvalue weighted by Gasteiger charge is -2.21. The summed E-state index contributed by atoms with van der Waals surface area (Å²) in [5.41, 5.74) is -0.627. The molecule has 4 rings (SSSR count). The normalized spacial score (nSPS) is 25.3. The number of benzene rings is 2. The molecule has 0 radical (unpaired) electrons. The number of carbonyl (C=O) groups is 1. The minimum atomic E-state index is -3.40. The zero-order chi connectivity index (χ0) is 22.4. The van der Waals surface area contributed by atoms with E-state index >= 15 is 0 Å². The highest BCUT2D eigenvalue weighted by Crippen LogP contribution is 2.61. The molecule has 0 unspecified atom stereocenters. The molecule has 2 fully saturated rings. The SMILES string of the molecule is CS(=O)(=O)N[C@H]1CCN(C(=O)[C@]2(C#N)C[C@H]2c2ccccc2-c2c(F)cccc2F)C1. The molecule has 1 aliphatic heterocycles. The summed E-state index contributed by atoms with van der Waals surface area (Å²) in [6.45, 7) is 0.525. The van der Waals surface area contributed by atoms with Gasteiger partial charge in [0, 0.05) is 25.0 Å². The summed E-state index contributed by atoms with van der Waals surface area (Å²) < 4.78 is 54.3. The Morgan fingerprint density at radius 1 is 1.19 bits per heavy atom. The Bertz CT molecular complexity index is 1170. The summed E-state index contributed by atoms with van der Waals surface area (Å²) in [5.74, 6) is -2.30. The maximum atomic E-state index is 14.4. The minimum Gasteiger partial charge on any atom is -0.340 e. The van der Waals surface area contributed by atoms with Gasteiger partial charge in [0.15, 0.2) is 0 Å². The third-order valence-electron chi connectivity index (χ3n) is 5.97. The molecular formula is C22H21F2N3O3S. The average molecular weight is 445 g/mol. The molecular weight excluding hydrogens is 424 g/mol. The number of hydrogen-bond acceptors (Lipinski definition) is 4. The second kappa shape index (κ2) is 7.70. The van der Waals surface area contributed by atoms with Crippen LogP contribution in [-0.4, -0.2) is 44.6 Å². The average Bonchev–Trinajstić information content (AvgIpc) is 3.29. The van der Waals surface area contributed by atoms with Gasteiger partial charge in [-0.15, -0.1) is 0 Å². The molecule has 1 N–H and O–H groups in total. The largest absolute Gasteiger partial charge is 0.340 e. The predicted molar refractivity (Wildman–Crippen MR) is 110 cm³/mol. The summed E-state index contributed by atoms with van der Waals surface area (Å²) in [4.78, 5) is 14.7. The van der Waals surface area contributed by atoms with Crippen molar-refractivity contribution >= 4 is 15.9 Å². The number of rotatable bonds is 5. The van der Waals surface area contributed by atoms with E-state index in [1.165, 1.54) is 23.1 Å². The van der Waals surface area contributed by atoms with Crippen LogP contribution in [0, 0.1) is 28.4 Å². The number of nitriles is 1. The van der Waals surface area contributed by atoms with E-state index in [2.05, 4.69) is 10.8 Å². The smallest absolute Gasteiger partial charge is 0.243 e. The molecule has 6 nitrogen and oxygen atoms in total. The molecule has 2 aliphatic rings. The van der Waals surface area contributed by atoms with Crippen molar-refractivity contribution in [1.29, 1.82) is 5.26 Å². The topological polar surface area (TPSA) is 90.3 Å². The van der Waals surface area contributed by atoms with E-state index in [0.29, 0.717) is 24.1 Å². The lowest BCUT2D eigenvalue weighted by molar-refractivity contribution is -0.134. The van der Waals surface area contributed by atoms with Crippen molar-refractivity contribution in [3.63, 3.8) is 0 Å². The molecule has 1 aliphatic carbocycles. The Morgan fingerprint density at radius 3 is 2.52 bits per heavy atom. The number of likely N-dealkylation sites (tertiary alicyclic amines) is 1. The van der Waals surface area contributed by atoms with Crippen molar-refractivity contribution in [3.8, 4) is 17.2 Å². The molecule has 1 saturated heterocycles. The van der Waals surface area contributed by atoms with Crippen LogP contribution < -0.4 is 4.72 Å². The number of sulfonamides is 1. The van der Waals surface area contributed by atoms with Crippen molar-refractivity contribution in [3.05, 3.63) is 59.7 Å². The van der Waals surface area contributed by atoms with Gasteiger partial charge in [-0.3, -0.25) is 4.79 Å². The number of hydrogen-bond donors (Lipinski definition) is 1. The first kappa shape index (κ1) is 21.4. The Labute approximate surface area is 179 Å². The fraction of sp³-hybridized carbons (Fsp3) is 0.364. The van der Waals surface area contributed by atoms with Crippen LogP contribution in [0.15, 0.2) is 42.5 Å². The van der Waals surface area contributed by atoms with Crippen LogP contribution in [0.25, 0.3) is 11.1 Å². The van der Waals surface area contributed by atoms with Gasteiger partial charge in [0.25, 0.3) is 0 Å². The van der Waals surface area contributed by atoms with Crippen molar-refractivity contribution in [2.45, 2.75) is 24.8 Å². The van der Waals surface area contributed by atoms with Crippen LogP contribution in [0.5, 0.6) is 0 Å². The maximum absolute atomic E-state index is 14.4. The van der Waals surface area contributed by atoms with Gasteiger partial charge < -0.3 is 4.90 Å². The van der Waals surface area contributed by atoms with E-state index in [4.69, 9.17) is 0 Å². The van der Waals surface area contributed by atoms with Gasteiger partial charge in [0.1, 0.15) is 17.0 Å². The molecule has 1 saturated carbocycles. The van der Waals surface area contributed by atoms with Gasteiger partial charge in [-0.05, 0) is 36.1 Å². The van der Waals surface area contributed by atoms with Crippen LogP contribution in [0.4, 0.5) is 8.78 Å². The van der Waals surface area contributed by atoms with E-state index in [9.17, 15) is 27.3 Å². The van der Waals surface area contributed by atoms with Crippen molar-refractivity contribution in [2.24, 2.45) is 5.41 Å². The summed E-state index contributed by atoms with van der Waals surface area (Å²) in [6.07, 6.45) is 1.77.